The number of aromatic nitrogens is 4. The Labute approximate surface area is 342 Å². The van der Waals surface area contributed by atoms with Gasteiger partial charge in [-0.2, -0.15) is 0 Å². The van der Waals surface area contributed by atoms with E-state index in [-0.39, 0.29) is 0 Å². The topological polar surface area (TPSA) is 43.6 Å². The van der Waals surface area contributed by atoms with E-state index in [0.29, 0.717) is 17.5 Å². The van der Waals surface area contributed by atoms with Gasteiger partial charge < -0.3 is 4.57 Å². The van der Waals surface area contributed by atoms with Crippen LogP contribution in [0.15, 0.2) is 218 Å². The van der Waals surface area contributed by atoms with Crippen LogP contribution in [0.2, 0.25) is 0 Å². The van der Waals surface area contributed by atoms with Crippen LogP contribution in [0, 0.1) is 0 Å². The largest absolute Gasteiger partial charge is 0.309 e. The third-order valence-corrected chi connectivity index (χ3v) is 11.3. The van der Waals surface area contributed by atoms with Gasteiger partial charge in [-0.3, -0.25) is 0 Å². The molecule has 0 spiro atoms. The minimum Gasteiger partial charge on any atom is -0.309 e. The Hall–Kier alpha value is -7.95. The third kappa shape index (κ3) is 6.15. The maximum Gasteiger partial charge on any atom is 0.164 e. The highest BCUT2D eigenvalue weighted by molar-refractivity contribution is 6.13. The Morgan fingerprint density at radius 3 is 1.19 bits per heavy atom. The molecule has 0 bridgehead atoms. The van der Waals surface area contributed by atoms with Crippen LogP contribution in [0.4, 0.5) is 0 Å². The third-order valence-electron chi connectivity index (χ3n) is 11.3. The molecule has 0 unspecified atom stereocenters. The van der Waals surface area contributed by atoms with Crippen molar-refractivity contribution in [2.24, 2.45) is 0 Å². The first kappa shape index (κ1) is 34.3. The molecule has 9 aromatic carbocycles. The molecule has 59 heavy (non-hydrogen) atoms. The number of para-hydroxylation sites is 1. The molecular weight excluding hydrogens is 717 g/mol. The summed E-state index contributed by atoms with van der Waals surface area (Å²) in [6.45, 7) is 0. The second-order valence-electron chi connectivity index (χ2n) is 14.8. The molecular formula is C55H36N4. The van der Waals surface area contributed by atoms with Crippen LogP contribution in [0.25, 0.3) is 106 Å². The van der Waals surface area contributed by atoms with E-state index >= 15 is 0 Å². The normalized spacial score (nSPS) is 11.4. The minimum absolute atomic E-state index is 0.638. The molecule has 0 amide bonds. The van der Waals surface area contributed by atoms with E-state index in [9.17, 15) is 0 Å². The van der Waals surface area contributed by atoms with Crippen molar-refractivity contribution < 1.29 is 0 Å². The first-order valence-corrected chi connectivity index (χ1v) is 19.9. The van der Waals surface area contributed by atoms with Gasteiger partial charge in [0.05, 0.1) is 16.7 Å². The van der Waals surface area contributed by atoms with Crippen molar-refractivity contribution in [1.29, 1.82) is 0 Å². The molecule has 11 aromatic rings. The van der Waals surface area contributed by atoms with Gasteiger partial charge in [-0.15, -0.1) is 0 Å². The van der Waals surface area contributed by atoms with Gasteiger partial charge in [0, 0.05) is 33.0 Å². The van der Waals surface area contributed by atoms with Crippen LogP contribution in [0.5, 0.6) is 0 Å². The van der Waals surface area contributed by atoms with E-state index in [1.807, 2.05) is 60.7 Å². The Morgan fingerprint density at radius 1 is 0.254 bits per heavy atom. The molecule has 0 radical (unpaired) electrons. The van der Waals surface area contributed by atoms with Gasteiger partial charge in [0.1, 0.15) is 0 Å². The Balaban J connectivity index is 1.12. The van der Waals surface area contributed by atoms with E-state index in [0.717, 1.165) is 55.3 Å². The molecule has 0 aliphatic rings. The van der Waals surface area contributed by atoms with E-state index in [1.54, 1.807) is 0 Å². The molecule has 4 heteroatoms. The SMILES string of the molecule is c1ccc(-c2ccc3c(c2)c2cc(-c4ccccc4)ccc2n3-c2ccccc2-c2ccc(-c3nc(-c4ccccc4)nc(-c4ccccc4)n3)c3ccccc23)cc1. The fraction of sp³-hybridized carbons (Fsp3) is 0. The van der Waals surface area contributed by atoms with E-state index in [2.05, 4.69) is 162 Å². The van der Waals surface area contributed by atoms with Crippen LogP contribution in [-0.2, 0) is 0 Å². The zero-order valence-corrected chi connectivity index (χ0v) is 32.1. The summed E-state index contributed by atoms with van der Waals surface area (Å²) in [5.41, 5.74) is 13.3. The van der Waals surface area contributed by atoms with Crippen molar-refractivity contribution in [2.75, 3.05) is 0 Å². The lowest BCUT2D eigenvalue weighted by Crippen LogP contribution is -2.01. The lowest BCUT2D eigenvalue weighted by atomic mass is 9.93. The van der Waals surface area contributed by atoms with Gasteiger partial charge in [0.15, 0.2) is 17.5 Å². The summed E-state index contributed by atoms with van der Waals surface area (Å²) in [7, 11) is 0. The Kier molecular flexibility index (Phi) is 8.45. The summed E-state index contributed by atoms with van der Waals surface area (Å²) in [6, 6.07) is 77.2. The molecule has 11 rings (SSSR count). The minimum atomic E-state index is 0.638. The number of nitrogens with zero attached hydrogens (tertiary/aromatic N) is 4. The second-order valence-corrected chi connectivity index (χ2v) is 14.8. The average molecular weight is 753 g/mol. The van der Waals surface area contributed by atoms with E-state index < -0.39 is 0 Å². The predicted octanol–water partition coefficient (Wildman–Crippen LogP) is 14.1. The summed E-state index contributed by atoms with van der Waals surface area (Å²) < 4.78 is 2.44. The van der Waals surface area contributed by atoms with Crippen molar-refractivity contribution >= 4 is 32.6 Å². The smallest absolute Gasteiger partial charge is 0.164 e. The summed E-state index contributed by atoms with van der Waals surface area (Å²) in [5, 5.41) is 4.63. The number of hydrogen-bond donors (Lipinski definition) is 0. The first-order chi connectivity index (χ1) is 29.3. The predicted molar refractivity (Wildman–Crippen MR) is 244 cm³/mol. The van der Waals surface area contributed by atoms with Crippen LogP contribution >= 0.6 is 0 Å². The zero-order chi connectivity index (χ0) is 39.1. The molecule has 0 aliphatic carbocycles. The molecule has 0 saturated heterocycles. The first-order valence-electron chi connectivity index (χ1n) is 19.9. The van der Waals surface area contributed by atoms with Crippen molar-refractivity contribution in [1.82, 2.24) is 19.5 Å². The molecule has 0 saturated carbocycles. The number of benzene rings is 9. The van der Waals surface area contributed by atoms with Crippen LogP contribution < -0.4 is 0 Å². The molecule has 276 valence electrons. The van der Waals surface area contributed by atoms with E-state index in [1.165, 1.54) is 33.0 Å². The lowest BCUT2D eigenvalue weighted by Gasteiger charge is -2.17. The van der Waals surface area contributed by atoms with Crippen molar-refractivity contribution in [3.8, 4) is 73.2 Å². The summed E-state index contributed by atoms with van der Waals surface area (Å²) in [5.74, 6) is 1.93. The van der Waals surface area contributed by atoms with E-state index in [4.69, 9.17) is 15.0 Å². The fourth-order valence-electron chi connectivity index (χ4n) is 8.46. The molecule has 0 aliphatic heterocycles. The lowest BCUT2D eigenvalue weighted by molar-refractivity contribution is 1.08. The molecule has 0 fully saturated rings. The number of rotatable bonds is 7. The molecule has 4 nitrogen and oxygen atoms in total. The quantitative estimate of drug-likeness (QED) is 0.163. The van der Waals surface area contributed by atoms with Gasteiger partial charge in [-0.25, -0.2) is 15.0 Å². The number of hydrogen-bond acceptors (Lipinski definition) is 3. The fourth-order valence-corrected chi connectivity index (χ4v) is 8.46. The average Bonchev–Trinajstić information content (AvgIpc) is 3.65. The molecule has 2 heterocycles. The zero-order valence-electron chi connectivity index (χ0n) is 32.1. The molecule has 0 N–H and O–H groups in total. The summed E-state index contributed by atoms with van der Waals surface area (Å²) in [4.78, 5) is 15.2. The van der Waals surface area contributed by atoms with Gasteiger partial charge in [-0.1, -0.05) is 182 Å². The highest BCUT2D eigenvalue weighted by Crippen LogP contribution is 2.42. The Morgan fingerprint density at radius 2 is 0.661 bits per heavy atom. The number of fused-ring (bicyclic) bond motifs is 4. The molecule has 0 atom stereocenters. The van der Waals surface area contributed by atoms with Crippen LogP contribution in [-0.4, -0.2) is 19.5 Å². The maximum atomic E-state index is 5.11. The van der Waals surface area contributed by atoms with Gasteiger partial charge in [0.2, 0.25) is 0 Å². The Bertz CT molecular complexity index is 3150. The second kappa shape index (κ2) is 14.5. The van der Waals surface area contributed by atoms with Crippen LogP contribution in [0.3, 0.4) is 0 Å². The summed E-state index contributed by atoms with van der Waals surface area (Å²) >= 11 is 0. The molecule has 2 aromatic heterocycles. The van der Waals surface area contributed by atoms with Gasteiger partial charge in [-0.05, 0) is 75.0 Å². The van der Waals surface area contributed by atoms with Crippen LogP contribution in [0.1, 0.15) is 0 Å². The summed E-state index contributed by atoms with van der Waals surface area (Å²) in [6.07, 6.45) is 0. The highest BCUT2D eigenvalue weighted by atomic mass is 15.0. The van der Waals surface area contributed by atoms with Gasteiger partial charge in [0.25, 0.3) is 0 Å². The van der Waals surface area contributed by atoms with Crippen molar-refractivity contribution in [3.63, 3.8) is 0 Å². The van der Waals surface area contributed by atoms with Crippen molar-refractivity contribution in [2.45, 2.75) is 0 Å². The van der Waals surface area contributed by atoms with Gasteiger partial charge >= 0.3 is 0 Å². The van der Waals surface area contributed by atoms with Crippen molar-refractivity contribution in [3.05, 3.63) is 218 Å². The maximum absolute atomic E-state index is 5.11. The monoisotopic (exact) mass is 752 g/mol. The standard InChI is InChI=1S/C55H36N4/c1-5-17-37(18-6-1)41-29-33-51-48(35-41)49-36-42(38-19-7-2-8-20-38)30-34-52(49)59(51)50-28-16-15-27-46(50)45-31-32-47(44-26-14-13-25-43(44)45)55-57-53(39-21-9-3-10-22-39)56-54(58-55)40-23-11-4-12-24-40/h1-36H. The highest BCUT2D eigenvalue weighted by Gasteiger charge is 2.20.